The quantitative estimate of drug-likeness (QED) is 0.522. The first-order valence-electron chi connectivity index (χ1n) is 12.6. The Kier molecular flexibility index (Phi) is 6.50. The number of nitrogens with one attached hydrogen (secondary N) is 2. The van der Waals surface area contributed by atoms with Gasteiger partial charge in [0, 0.05) is 18.9 Å². The van der Waals surface area contributed by atoms with Gasteiger partial charge in [-0.3, -0.25) is 9.59 Å². The molecule has 0 aromatic heterocycles. The van der Waals surface area contributed by atoms with E-state index in [0.717, 1.165) is 36.8 Å². The van der Waals surface area contributed by atoms with Crippen LogP contribution in [0.2, 0.25) is 0 Å². The van der Waals surface area contributed by atoms with Gasteiger partial charge in [0.1, 0.15) is 12.1 Å². The minimum absolute atomic E-state index is 0.0288. The van der Waals surface area contributed by atoms with Crippen LogP contribution in [0.3, 0.4) is 0 Å². The number of hydrogen-bond acceptors (Lipinski definition) is 4. The number of amides is 2. The first kappa shape index (κ1) is 23.4. The third kappa shape index (κ3) is 4.77. The summed E-state index contributed by atoms with van der Waals surface area (Å²) < 4.78 is 5.70. The van der Waals surface area contributed by atoms with Crippen molar-refractivity contribution in [3.05, 3.63) is 59.7 Å². The Morgan fingerprint density at radius 3 is 2.11 bits per heavy atom. The molecule has 2 amide bonds. The zero-order valence-electron chi connectivity index (χ0n) is 19.8. The first-order chi connectivity index (χ1) is 16.9. The molecule has 0 bridgehead atoms. The number of carboxylic acid groups (broad SMARTS) is 1. The van der Waals surface area contributed by atoms with Crippen LogP contribution in [-0.2, 0) is 14.3 Å². The number of ether oxygens (including phenoxy) is 1. The van der Waals surface area contributed by atoms with Crippen LogP contribution in [0.1, 0.15) is 62.0 Å². The van der Waals surface area contributed by atoms with Gasteiger partial charge in [0.2, 0.25) is 5.91 Å². The molecule has 0 unspecified atom stereocenters. The molecule has 2 fully saturated rings. The Morgan fingerprint density at radius 1 is 0.914 bits per heavy atom. The smallest absolute Gasteiger partial charge is 0.408 e. The van der Waals surface area contributed by atoms with Gasteiger partial charge in [0.25, 0.3) is 0 Å². The molecule has 0 spiro atoms. The van der Waals surface area contributed by atoms with Crippen molar-refractivity contribution in [2.75, 3.05) is 13.2 Å². The topological polar surface area (TPSA) is 105 Å². The van der Waals surface area contributed by atoms with Crippen LogP contribution in [0.25, 0.3) is 11.1 Å². The van der Waals surface area contributed by atoms with Gasteiger partial charge in [0.15, 0.2) is 0 Å². The summed E-state index contributed by atoms with van der Waals surface area (Å²) in [5, 5.41) is 14.8. The fraction of sp³-hybridized carbons (Fsp3) is 0.464. The molecule has 3 aliphatic rings. The lowest BCUT2D eigenvalue weighted by Gasteiger charge is -2.36. The predicted molar refractivity (Wildman–Crippen MR) is 131 cm³/mol. The first-order valence-corrected chi connectivity index (χ1v) is 12.6. The van der Waals surface area contributed by atoms with E-state index in [4.69, 9.17) is 9.84 Å². The highest BCUT2D eigenvalue weighted by Gasteiger charge is 2.43. The Morgan fingerprint density at radius 2 is 1.51 bits per heavy atom. The summed E-state index contributed by atoms with van der Waals surface area (Å²) in [5.74, 6) is -0.455. The van der Waals surface area contributed by atoms with Gasteiger partial charge in [-0.05, 0) is 59.8 Å². The van der Waals surface area contributed by atoms with Gasteiger partial charge in [-0.2, -0.15) is 0 Å². The van der Waals surface area contributed by atoms with Crippen molar-refractivity contribution in [1.29, 1.82) is 0 Å². The van der Waals surface area contributed by atoms with E-state index < -0.39 is 17.6 Å². The van der Waals surface area contributed by atoms with Crippen molar-refractivity contribution in [1.82, 2.24) is 10.6 Å². The molecule has 7 heteroatoms. The zero-order chi connectivity index (χ0) is 24.4. The van der Waals surface area contributed by atoms with Crippen molar-refractivity contribution in [3.63, 3.8) is 0 Å². The van der Waals surface area contributed by atoms with Gasteiger partial charge in [0.05, 0.1) is 0 Å². The van der Waals surface area contributed by atoms with Gasteiger partial charge >= 0.3 is 12.1 Å². The monoisotopic (exact) mass is 476 g/mol. The number of alkyl carbamates (subject to hydrolysis) is 1. The summed E-state index contributed by atoms with van der Waals surface area (Å²) in [6.45, 7) is 0.730. The Labute approximate surface area is 205 Å². The normalized spacial score (nSPS) is 21.9. The number of aliphatic carboxylic acids is 1. The highest BCUT2D eigenvalue weighted by molar-refractivity contribution is 5.90. The van der Waals surface area contributed by atoms with E-state index in [1.165, 1.54) is 11.1 Å². The van der Waals surface area contributed by atoms with Gasteiger partial charge in [-0.1, -0.05) is 61.4 Å². The lowest BCUT2D eigenvalue weighted by Crippen LogP contribution is -2.58. The van der Waals surface area contributed by atoms with Gasteiger partial charge in [-0.15, -0.1) is 0 Å². The summed E-state index contributed by atoms with van der Waals surface area (Å²) in [4.78, 5) is 36.8. The maximum Gasteiger partial charge on any atom is 0.408 e. The molecule has 7 nitrogen and oxygen atoms in total. The summed E-state index contributed by atoms with van der Waals surface area (Å²) in [7, 11) is 0. The Balaban J connectivity index is 1.17. The number of hydrogen-bond donors (Lipinski definition) is 3. The number of rotatable bonds is 8. The molecule has 0 radical (unpaired) electrons. The summed E-state index contributed by atoms with van der Waals surface area (Å²) in [6, 6.07) is 16.4. The van der Waals surface area contributed by atoms with E-state index in [9.17, 15) is 14.4 Å². The highest BCUT2D eigenvalue weighted by Crippen LogP contribution is 2.44. The molecular formula is C28H32N2O5. The molecule has 3 aliphatic carbocycles. The van der Waals surface area contributed by atoms with E-state index in [1.807, 2.05) is 24.3 Å². The van der Waals surface area contributed by atoms with E-state index in [-0.39, 0.29) is 30.8 Å². The number of carbonyl (C=O) groups is 3. The zero-order valence-corrected chi connectivity index (χ0v) is 19.8. The minimum Gasteiger partial charge on any atom is -0.481 e. The molecule has 3 N–H and O–H groups in total. The van der Waals surface area contributed by atoms with E-state index in [0.29, 0.717) is 25.3 Å². The highest BCUT2D eigenvalue weighted by atomic mass is 16.5. The van der Waals surface area contributed by atoms with E-state index in [2.05, 4.69) is 34.9 Å². The van der Waals surface area contributed by atoms with Crippen LogP contribution < -0.4 is 10.6 Å². The lowest BCUT2D eigenvalue weighted by molar-refractivity contribution is -0.139. The van der Waals surface area contributed by atoms with E-state index in [1.54, 1.807) is 0 Å². The van der Waals surface area contributed by atoms with Crippen molar-refractivity contribution in [2.45, 2.75) is 56.4 Å². The second-order valence-corrected chi connectivity index (χ2v) is 10.3. The number of carbonyl (C=O) groups excluding carboxylic acids is 2. The van der Waals surface area contributed by atoms with Crippen LogP contribution in [0.4, 0.5) is 4.79 Å². The lowest BCUT2D eigenvalue weighted by atomic mass is 9.73. The van der Waals surface area contributed by atoms with Crippen molar-refractivity contribution in [3.8, 4) is 11.1 Å². The molecule has 0 heterocycles. The molecule has 35 heavy (non-hydrogen) atoms. The van der Waals surface area contributed by atoms with Crippen molar-refractivity contribution < 1.29 is 24.2 Å². The fourth-order valence-corrected chi connectivity index (χ4v) is 6.08. The Hall–Kier alpha value is -3.35. The second-order valence-electron chi connectivity index (χ2n) is 10.3. The van der Waals surface area contributed by atoms with Crippen LogP contribution in [-0.4, -0.2) is 41.8 Å². The number of fused-ring (bicyclic) bond motifs is 3. The van der Waals surface area contributed by atoms with Crippen LogP contribution in [0, 0.1) is 11.8 Å². The third-order valence-corrected chi connectivity index (χ3v) is 7.92. The number of benzene rings is 2. The molecule has 0 atom stereocenters. The van der Waals surface area contributed by atoms with Gasteiger partial charge < -0.3 is 20.5 Å². The Bertz CT molecular complexity index is 1070. The summed E-state index contributed by atoms with van der Waals surface area (Å²) in [5.41, 5.74) is 3.70. The minimum atomic E-state index is -0.938. The maximum absolute atomic E-state index is 13.1. The molecule has 0 aliphatic heterocycles. The molecule has 2 saturated carbocycles. The van der Waals surface area contributed by atoms with Gasteiger partial charge in [-0.25, -0.2) is 4.79 Å². The van der Waals surface area contributed by atoms with Crippen LogP contribution in [0.15, 0.2) is 48.5 Å². The summed E-state index contributed by atoms with van der Waals surface area (Å²) in [6.07, 6.45) is 4.21. The maximum atomic E-state index is 13.1. The standard InChI is InChI=1S/C28H32N2O5/c31-25(32)15-18-13-19(14-18)16-29-26(33)28(11-5-6-12-28)30-27(34)35-17-24-22-9-3-1-7-20(22)21-8-2-4-10-23(21)24/h1-4,7-10,18-19,24H,5-6,11-17H2,(H,29,33)(H,30,34)(H,31,32). The van der Waals surface area contributed by atoms with Crippen LogP contribution >= 0.6 is 0 Å². The molecule has 2 aromatic carbocycles. The van der Waals surface area contributed by atoms with Crippen molar-refractivity contribution >= 4 is 18.0 Å². The SMILES string of the molecule is O=C(O)CC1CC(CNC(=O)C2(NC(=O)OCC3c4ccccc4-c4ccccc43)CCCC2)C1. The molecule has 5 rings (SSSR count). The molecule has 184 valence electrons. The average molecular weight is 477 g/mol. The molecular weight excluding hydrogens is 444 g/mol. The molecule has 2 aromatic rings. The fourth-order valence-electron chi connectivity index (χ4n) is 6.08. The van der Waals surface area contributed by atoms with E-state index >= 15 is 0 Å². The molecule has 0 saturated heterocycles. The third-order valence-electron chi connectivity index (χ3n) is 7.92. The largest absolute Gasteiger partial charge is 0.481 e. The number of carboxylic acids is 1. The summed E-state index contributed by atoms with van der Waals surface area (Å²) >= 11 is 0. The second kappa shape index (κ2) is 9.72. The van der Waals surface area contributed by atoms with Crippen molar-refractivity contribution in [2.24, 2.45) is 11.8 Å². The predicted octanol–water partition coefficient (Wildman–Crippen LogP) is 4.46. The average Bonchev–Trinajstić information content (AvgIpc) is 3.42. The van der Waals surface area contributed by atoms with Crippen LogP contribution in [0.5, 0.6) is 0 Å².